The molecule has 1 atom stereocenters. The second kappa shape index (κ2) is 11.6. The van der Waals surface area contributed by atoms with Crippen LogP contribution in [0.25, 0.3) is 21.5 Å². The van der Waals surface area contributed by atoms with Crippen LogP contribution in [0.4, 0.5) is 11.4 Å². The molecule has 1 unspecified atom stereocenters. The van der Waals surface area contributed by atoms with Crippen molar-refractivity contribution in [1.29, 1.82) is 0 Å². The van der Waals surface area contributed by atoms with Crippen molar-refractivity contribution >= 4 is 44.6 Å². The average molecular weight is 584 g/mol. The minimum Gasteiger partial charge on any atom is -0.481 e. The summed E-state index contributed by atoms with van der Waals surface area (Å²) in [6.45, 7) is 7.01. The summed E-state index contributed by atoms with van der Waals surface area (Å²) in [4.78, 5) is 13.4. The first-order chi connectivity index (χ1) is 21.1. The number of aliphatic carboxylic acids is 1. The molecule has 2 heterocycles. The Bertz CT molecular complexity index is 1890. The molecule has 4 aromatic carbocycles. The molecule has 2 aliphatic heterocycles. The number of anilines is 1. The Kier molecular flexibility index (Phi) is 7.79. The Morgan fingerprint density at radius 2 is 1.48 bits per heavy atom. The van der Waals surface area contributed by atoms with Gasteiger partial charge in [-0.3, -0.25) is 4.79 Å². The summed E-state index contributed by atoms with van der Waals surface area (Å²) in [6.07, 6.45) is 14.8. The van der Waals surface area contributed by atoms with Gasteiger partial charge in [0.25, 0.3) is 0 Å². The number of nitrogens with zero attached hydrogens (tertiary/aromatic N) is 2. The number of carboxylic acids is 1. The van der Waals surface area contributed by atoms with E-state index in [-0.39, 0.29) is 17.3 Å². The molecule has 224 valence electrons. The van der Waals surface area contributed by atoms with Crippen LogP contribution in [0, 0.1) is 0 Å². The molecular formula is C40H43N2O2+. The van der Waals surface area contributed by atoms with Crippen LogP contribution in [0.3, 0.4) is 0 Å². The molecule has 0 radical (unpaired) electrons. The van der Waals surface area contributed by atoms with Crippen LogP contribution in [-0.2, 0) is 15.6 Å². The first kappa shape index (κ1) is 29.6. The quantitative estimate of drug-likeness (QED) is 0.121. The van der Waals surface area contributed by atoms with Gasteiger partial charge < -0.3 is 10.0 Å². The van der Waals surface area contributed by atoms with Gasteiger partial charge >= 0.3 is 5.97 Å². The van der Waals surface area contributed by atoms with E-state index in [2.05, 4.69) is 148 Å². The highest BCUT2D eigenvalue weighted by Crippen LogP contribution is 2.52. The van der Waals surface area contributed by atoms with Gasteiger partial charge in [-0.1, -0.05) is 85.7 Å². The normalized spacial score (nSPS) is 20.1. The van der Waals surface area contributed by atoms with Crippen LogP contribution in [0.2, 0.25) is 0 Å². The Labute approximate surface area is 261 Å². The first-order valence-electron chi connectivity index (χ1n) is 15.8. The maximum absolute atomic E-state index is 11.1. The fourth-order valence-corrected chi connectivity index (χ4v) is 7.78. The molecule has 0 fully saturated rings. The minimum absolute atomic E-state index is 0.110. The summed E-state index contributed by atoms with van der Waals surface area (Å²) < 4.78 is 2.33. The molecule has 0 amide bonds. The van der Waals surface area contributed by atoms with Gasteiger partial charge in [0.15, 0.2) is 5.71 Å². The standard InChI is InChI=1S/C40H42N2O2/c1-39(2)34(41(4)32-25-23-28-16-11-13-18-30(28)37(32)39)20-8-6-9-21-35-40(3,27-15-7-10-22-36(43)44)38-31-19-14-12-17-29(31)24-26-33(38)42(35)5/h6,8-9,11-14,16-21,23-26H,7,10,15,22,27H2,1-5H3/p+1. The summed E-state index contributed by atoms with van der Waals surface area (Å²) in [6, 6.07) is 26.3. The monoisotopic (exact) mass is 583 g/mol. The summed E-state index contributed by atoms with van der Waals surface area (Å²) >= 11 is 0. The van der Waals surface area contributed by atoms with Crippen LogP contribution in [-0.4, -0.2) is 35.5 Å². The molecule has 44 heavy (non-hydrogen) atoms. The van der Waals surface area contributed by atoms with Crippen molar-refractivity contribution in [1.82, 2.24) is 0 Å². The minimum atomic E-state index is -0.713. The molecule has 0 saturated carbocycles. The number of hydrogen-bond donors (Lipinski definition) is 1. The van der Waals surface area contributed by atoms with Gasteiger partial charge in [0.2, 0.25) is 5.69 Å². The molecule has 0 aliphatic carbocycles. The zero-order valence-corrected chi connectivity index (χ0v) is 26.6. The molecule has 4 heteroatoms. The number of likely N-dealkylation sites (N-methyl/N-ethyl adjacent to an activating group) is 1. The number of rotatable bonds is 9. The summed E-state index contributed by atoms with van der Waals surface area (Å²) in [5, 5.41) is 14.3. The van der Waals surface area contributed by atoms with Crippen LogP contribution in [0.1, 0.15) is 64.0 Å². The number of allylic oxidation sites excluding steroid dienone is 6. The number of fused-ring (bicyclic) bond motifs is 6. The number of benzene rings is 4. The highest BCUT2D eigenvalue weighted by molar-refractivity contribution is 6.07. The Morgan fingerprint density at radius 1 is 0.818 bits per heavy atom. The molecule has 6 rings (SSSR count). The topological polar surface area (TPSA) is 43.5 Å². The van der Waals surface area contributed by atoms with Gasteiger partial charge in [0.1, 0.15) is 7.05 Å². The van der Waals surface area contributed by atoms with Crippen LogP contribution in [0.5, 0.6) is 0 Å². The van der Waals surface area contributed by atoms with Gasteiger partial charge in [-0.05, 0) is 78.9 Å². The first-order valence-corrected chi connectivity index (χ1v) is 15.8. The molecule has 4 aromatic rings. The van der Waals surface area contributed by atoms with E-state index < -0.39 is 5.97 Å². The lowest BCUT2D eigenvalue weighted by atomic mass is 9.75. The molecule has 0 spiro atoms. The Balaban J connectivity index is 1.29. The lowest BCUT2D eigenvalue weighted by Gasteiger charge is -2.29. The van der Waals surface area contributed by atoms with E-state index in [4.69, 9.17) is 5.11 Å². The van der Waals surface area contributed by atoms with E-state index in [1.807, 2.05) is 0 Å². The third kappa shape index (κ3) is 4.96. The summed E-state index contributed by atoms with van der Waals surface area (Å²) in [7, 11) is 4.34. The predicted octanol–water partition coefficient (Wildman–Crippen LogP) is 9.44. The molecule has 4 nitrogen and oxygen atoms in total. The summed E-state index contributed by atoms with van der Waals surface area (Å²) in [5.41, 5.74) is 7.56. The second-order valence-corrected chi connectivity index (χ2v) is 13.1. The highest BCUT2D eigenvalue weighted by Gasteiger charge is 2.44. The second-order valence-electron chi connectivity index (χ2n) is 13.1. The number of carbonyl (C=O) groups is 1. The number of unbranched alkanes of at least 4 members (excludes halogenated alkanes) is 2. The van der Waals surface area contributed by atoms with E-state index in [0.717, 1.165) is 25.7 Å². The predicted molar refractivity (Wildman–Crippen MR) is 185 cm³/mol. The van der Waals surface area contributed by atoms with Crippen LogP contribution in [0.15, 0.2) is 109 Å². The van der Waals surface area contributed by atoms with Gasteiger partial charge in [0.05, 0.1) is 5.41 Å². The zero-order chi connectivity index (χ0) is 31.1. The van der Waals surface area contributed by atoms with Gasteiger partial charge in [-0.15, -0.1) is 0 Å². The molecule has 1 N–H and O–H groups in total. The lowest BCUT2D eigenvalue weighted by molar-refractivity contribution is -0.401. The van der Waals surface area contributed by atoms with E-state index in [0.29, 0.717) is 0 Å². The third-order valence-electron chi connectivity index (χ3n) is 9.94. The van der Waals surface area contributed by atoms with Gasteiger partial charge in [0, 0.05) is 48.0 Å². The van der Waals surface area contributed by atoms with Gasteiger partial charge in [-0.25, -0.2) is 0 Å². The van der Waals surface area contributed by atoms with Crippen molar-refractivity contribution in [2.24, 2.45) is 0 Å². The van der Waals surface area contributed by atoms with Crippen molar-refractivity contribution in [3.63, 3.8) is 0 Å². The van der Waals surface area contributed by atoms with E-state index in [9.17, 15) is 4.79 Å². The van der Waals surface area contributed by atoms with E-state index >= 15 is 0 Å². The van der Waals surface area contributed by atoms with Crippen molar-refractivity contribution in [2.45, 2.75) is 63.7 Å². The SMILES string of the molecule is CN1/C(=C/C=C/C=C/C2=[N+](C)c3ccc4ccccc4c3C2(C)C)C(C)(CCCCCC(=O)O)c2c1ccc1ccccc21. The number of hydrogen-bond acceptors (Lipinski definition) is 2. The molecule has 2 aliphatic rings. The fourth-order valence-electron chi connectivity index (χ4n) is 7.78. The maximum Gasteiger partial charge on any atom is 0.303 e. The molecule has 0 saturated heterocycles. The summed E-state index contributed by atoms with van der Waals surface area (Å²) in [5.74, 6) is -0.713. The highest BCUT2D eigenvalue weighted by atomic mass is 16.4. The van der Waals surface area contributed by atoms with Crippen molar-refractivity contribution in [3.05, 3.63) is 120 Å². The lowest BCUT2D eigenvalue weighted by Crippen LogP contribution is -2.26. The fraction of sp³-hybridized carbons (Fsp3) is 0.300. The molecule has 0 bridgehead atoms. The largest absolute Gasteiger partial charge is 0.481 e. The zero-order valence-electron chi connectivity index (χ0n) is 26.6. The van der Waals surface area contributed by atoms with Crippen molar-refractivity contribution in [3.8, 4) is 0 Å². The van der Waals surface area contributed by atoms with E-state index in [1.54, 1.807) is 0 Å². The maximum atomic E-state index is 11.1. The number of carboxylic acid groups (broad SMARTS) is 1. The Hall–Kier alpha value is -4.44. The van der Waals surface area contributed by atoms with Crippen molar-refractivity contribution in [2.75, 3.05) is 19.0 Å². The smallest absolute Gasteiger partial charge is 0.303 e. The third-order valence-corrected chi connectivity index (χ3v) is 9.94. The Morgan fingerprint density at radius 3 is 2.18 bits per heavy atom. The molecular weight excluding hydrogens is 540 g/mol. The average Bonchev–Trinajstić information content (AvgIpc) is 3.35. The van der Waals surface area contributed by atoms with Crippen LogP contribution >= 0.6 is 0 Å². The van der Waals surface area contributed by atoms with E-state index in [1.165, 1.54) is 55.5 Å². The molecule has 0 aromatic heterocycles. The van der Waals surface area contributed by atoms with Crippen LogP contribution < -0.4 is 4.90 Å². The van der Waals surface area contributed by atoms with Crippen molar-refractivity contribution < 1.29 is 14.5 Å². The van der Waals surface area contributed by atoms with Gasteiger partial charge in [-0.2, -0.15) is 4.58 Å².